The highest BCUT2D eigenvalue weighted by Gasteiger charge is 2.43. The Bertz CT molecular complexity index is 4160. The highest BCUT2D eigenvalue weighted by Crippen LogP contribution is 2.17. The summed E-state index contributed by atoms with van der Waals surface area (Å²) >= 11 is 1.20. The zero-order chi connectivity index (χ0) is 106. The molecular weight excluding hydrogens is 1850 g/mol. The fraction of sp³-hybridized carbons (Fsp3) is 0.726. The molecule has 24 atom stereocenters. The number of nitrogens with one attached hydrogen (secondary N) is 19. The van der Waals surface area contributed by atoms with Crippen molar-refractivity contribution in [3.8, 4) is 0 Å². The first-order valence-corrected chi connectivity index (χ1v) is 46.5. The van der Waals surface area contributed by atoms with E-state index in [0.717, 1.165) is 27.7 Å². The topological polar surface area (TPSA) is 861 Å². The first-order valence-electron chi connectivity index (χ1n) is 45.1. The molecule has 54 heteroatoms. The van der Waals surface area contributed by atoms with Gasteiger partial charge >= 0.3 is 23.9 Å². The molecule has 53 nitrogen and oxygen atoms in total. The molecule has 784 valence electrons. The molecule has 0 saturated heterocycles. The van der Waals surface area contributed by atoms with E-state index < -0.39 is 331 Å². The molecule has 0 aromatic rings. The lowest BCUT2D eigenvalue weighted by Gasteiger charge is -2.30. The molecule has 0 fully saturated rings. The van der Waals surface area contributed by atoms with E-state index in [1.807, 2.05) is 5.32 Å². The van der Waals surface area contributed by atoms with Crippen LogP contribution >= 0.6 is 11.8 Å². The molecule has 0 heterocycles. The van der Waals surface area contributed by atoms with Gasteiger partial charge in [0, 0.05) is 6.42 Å². The lowest BCUT2D eigenvalue weighted by molar-refractivity contribution is -0.144. The Balaban J connectivity index is 6.92. The van der Waals surface area contributed by atoms with Crippen LogP contribution in [0.4, 0.5) is 0 Å². The van der Waals surface area contributed by atoms with Crippen molar-refractivity contribution >= 4 is 148 Å². The van der Waals surface area contributed by atoms with Crippen molar-refractivity contribution in [3.63, 3.8) is 0 Å². The molecule has 0 aliphatic carbocycles. The summed E-state index contributed by atoms with van der Waals surface area (Å²) < 4.78 is 0. The third kappa shape index (κ3) is 45.4. The molecule has 19 amide bonds. The molecule has 0 rings (SSSR count). The minimum Gasteiger partial charge on any atom is -0.481 e. The number of aliphatic carboxylic acids is 4. The van der Waals surface area contributed by atoms with Gasteiger partial charge in [0.15, 0.2) is 0 Å². The zero-order valence-electron chi connectivity index (χ0n) is 81.0. The number of aliphatic hydroxyl groups is 4. The summed E-state index contributed by atoms with van der Waals surface area (Å²) in [6.07, 6.45) is -9.53. The summed E-state index contributed by atoms with van der Waals surface area (Å²) in [6.45, 7) is 22.1. The molecule has 0 aliphatic heterocycles. The summed E-state index contributed by atoms with van der Waals surface area (Å²) in [4.78, 5) is 310. The average Bonchev–Trinajstić information content (AvgIpc) is 0.838. The van der Waals surface area contributed by atoms with Gasteiger partial charge in [-0.1, -0.05) is 61.8 Å². The number of carbonyl (C=O) groups excluding carboxylic acids is 19. The minimum atomic E-state index is -2.28. The maximum atomic E-state index is 14.4. The summed E-state index contributed by atoms with van der Waals surface area (Å²) in [7, 11) is 0. The molecule has 0 radical (unpaired) electrons. The van der Waals surface area contributed by atoms with Gasteiger partial charge < -0.3 is 159 Å². The summed E-state index contributed by atoms with van der Waals surface area (Å²) in [5.74, 6) is -30.5. The maximum Gasteiger partial charge on any atom is 0.326 e. The number of amides is 19. The predicted molar refractivity (Wildman–Crippen MR) is 493 cm³/mol. The number of carbonyl (C=O) groups is 23. The molecule has 0 spiro atoms. The van der Waals surface area contributed by atoms with Crippen LogP contribution in [0.3, 0.4) is 0 Å². The van der Waals surface area contributed by atoms with E-state index in [0.29, 0.717) is 6.42 Å². The van der Waals surface area contributed by atoms with E-state index in [4.69, 9.17) is 17.2 Å². The summed E-state index contributed by atoms with van der Waals surface area (Å²) in [5.41, 5.74) is 16.7. The molecule has 33 N–H and O–H groups in total. The Morgan fingerprint density at radius 1 is 0.261 bits per heavy atom. The Morgan fingerprint density at radius 3 is 0.826 bits per heavy atom. The van der Waals surface area contributed by atoms with E-state index in [9.17, 15) is 151 Å². The number of aliphatic hydroxyl groups excluding tert-OH is 4. The predicted octanol–water partition coefficient (Wildman–Crippen LogP) is -10.3. The Morgan fingerprint density at radius 2 is 0.500 bits per heavy atom. The van der Waals surface area contributed by atoms with Crippen LogP contribution in [-0.4, -0.2) is 348 Å². The molecule has 0 aromatic carbocycles. The highest BCUT2D eigenvalue weighted by molar-refractivity contribution is 7.98. The van der Waals surface area contributed by atoms with Crippen LogP contribution in [0.2, 0.25) is 0 Å². The van der Waals surface area contributed by atoms with Crippen molar-refractivity contribution in [2.24, 2.45) is 40.9 Å². The van der Waals surface area contributed by atoms with Gasteiger partial charge in [0.05, 0.1) is 43.8 Å². The largest absolute Gasteiger partial charge is 0.481 e. The van der Waals surface area contributed by atoms with Crippen LogP contribution in [0.1, 0.15) is 195 Å². The van der Waals surface area contributed by atoms with Crippen molar-refractivity contribution in [1.82, 2.24) is 101 Å². The van der Waals surface area contributed by atoms with Gasteiger partial charge in [-0.2, -0.15) is 11.8 Å². The third-order valence-corrected chi connectivity index (χ3v) is 22.1. The van der Waals surface area contributed by atoms with Crippen molar-refractivity contribution in [2.75, 3.05) is 31.6 Å². The van der Waals surface area contributed by atoms with Crippen LogP contribution in [0.5, 0.6) is 0 Å². The van der Waals surface area contributed by atoms with Gasteiger partial charge in [0.1, 0.15) is 115 Å². The first-order chi connectivity index (χ1) is 64.2. The van der Waals surface area contributed by atoms with Crippen molar-refractivity contribution < 1.29 is 151 Å². The third-order valence-electron chi connectivity index (χ3n) is 21.4. The number of rotatable bonds is 66. The number of carboxylic acids is 4. The van der Waals surface area contributed by atoms with E-state index in [2.05, 4.69) is 95.7 Å². The van der Waals surface area contributed by atoms with Crippen LogP contribution < -0.4 is 118 Å². The lowest BCUT2D eigenvalue weighted by atomic mass is 9.97. The summed E-state index contributed by atoms with van der Waals surface area (Å²) in [5, 5.41) is 127. The number of hydrogen-bond acceptors (Lipinski definition) is 31. The standard InChI is InChI=1S/C84H146N22O31S/c1-19-38(8)61(102-70(122)43(13)92-71(123)48(24-20-22-29-85)93-69(121)42(12)91-68(120)41(11)90-67(119)40(10)89-66(118)39(9)88-54(111)34-87)79(131)96-51(28-31-138-18)74(126)104-65(47(17)110)83(135)106-62(44(14)107)80(132)98-53(33-57(116)117)76(128)105-64(46(16)109)82(134)99-58(35(2)3)77(129)97-52(32-56(114)115)75(127)94-49(25-21-23-30-86)72(124)95-50(26-27-55(112)113)73(125)103-63(45(15)108)81(133)100-59(36(4)5)78(130)101-60(37(6)7)84(136)137/h35-53,58-65,107-110H,19-34,85-87H2,1-18H3,(H,88,111)(H,89,118)(H,90,119)(H,91,120)(H,92,123)(H,93,121)(H,94,127)(H,95,124)(H,96,131)(H,97,129)(H,98,132)(H,99,134)(H,100,133)(H,101,130)(H,102,122)(H,103,125)(H,104,126)(H,105,128)(H,106,135)(H,112,113)(H,114,115)(H,116,117)(H,136,137)/t38-,39-,40-,41-,42-,43-,44+,45+,46+,47+,48-,49-,50-,51-,52-,53-,58-,59-,60-,61-,62-,63-,64-,65-/m0/s1. The van der Waals surface area contributed by atoms with E-state index in [-0.39, 0.29) is 63.8 Å². The highest BCUT2D eigenvalue weighted by atomic mass is 32.2. The molecule has 0 saturated carbocycles. The van der Waals surface area contributed by atoms with Crippen LogP contribution in [0.25, 0.3) is 0 Å². The van der Waals surface area contributed by atoms with Gasteiger partial charge in [0.25, 0.3) is 0 Å². The van der Waals surface area contributed by atoms with E-state index in [1.165, 1.54) is 87.9 Å². The van der Waals surface area contributed by atoms with Gasteiger partial charge in [-0.25, -0.2) is 4.79 Å². The molecule has 0 bridgehead atoms. The number of hydrogen-bond donors (Lipinski definition) is 30. The quantitative estimate of drug-likeness (QED) is 0.0251. The van der Waals surface area contributed by atoms with Crippen LogP contribution in [0.15, 0.2) is 0 Å². The molecule has 0 aliphatic rings. The SMILES string of the molecule is CC[C@H](C)[C@H](NC(=O)[C@H](C)NC(=O)[C@H](CCCCN)NC(=O)[C@H](C)NC(=O)[C@H](C)NC(=O)[C@H](C)NC(=O)[C@H](C)NC(=O)CN)C(=O)N[C@@H](CCSC)C(=O)N[C@H](C(=O)N[C@H](C(=O)N[C@@H](CC(=O)O)C(=O)N[C@H](C(=O)N[C@H](C(=O)N[C@@H](CC(=O)O)C(=O)N[C@@H](CCCCN)C(=O)N[C@@H](CCC(=O)O)C(=O)N[C@H](C(=O)N[C@H](C(=O)N[C@H](C(=O)O)C(C)C)C(C)C)[C@@H](C)O)C(C)C)[C@@H](C)O)[C@@H](C)O)[C@@H](C)O. The molecule has 138 heavy (non-hydrogen) atoms. The summed E-state index contributed by atoms with van der Waals surface area (Å²) in [6, 6.07) is -31.9. The number of carboxylic acid groups (broad SMARTS) is 4. The van der Waals surface area contributed by atoms with Gasteiger partial charge in [0.2, 0.25) is 112 Å². The smallest absolute Gasteiger partial charge is 0.326 e. The fourth-order valence-corrected chi connectivity index (χ4v) is 13.3. The second-order valence-electron chi connectivity index (χ2n) is 34.6. The monoisotopic (exact) mass is 1990 g/mol. The molecule has 0 aromatic heterocycles. The number of unbranched alkanes of at least 4 members (excludes halogenated alkanes) is 2. The number of nitrogens with two attached hydrogens (primary N) is 3. The maximum absolute atomic E-state index is 14.4. The minimum absolute atomic E-state index is 0.0191. The fourth-order valence-electron chi connectivity index (χ4n) is 12.8. The molecule has 0 unspecified atom stereocenters. The lowest BCUT2D eigenvalue weighted by Crippen LogP contribution is -2.64. The zero-order valence-corrected chi connectivity index (χ0v) is 81.8. The Kier molecular flexibility index (Phi) is 57.8. The van der Waals surface area contributed by atoms with Crippen molar-refractivity contribution in [1.29, 1.82) is 0 Å². The van der Waals surface area contributed by atoms with Crippen molar-refractivity contribution in [2.45, 2.75) is 334 Å². The van der Waals surface area contributed by atoms with E-state index >= 15 is 0 Å². The second kappa shape index (κ2) is 63.4. The van der Waals surface area contributed by atoms with E-state index in [1.54, 1.807) is 20.1 Å². The Labute approximate surface area is 803 Å². The normalized spacial score (nSPS) is 16.5. The van der Waals surface area contributed by atoms with Gasteiger partial charge in [-0.15, -0.1) is 0 Å². The average molecular weight is 1990 g/mol. The van der Waals surface area contributed by atoms with Crippen LogP contribution in [-0.2, 0) is 110 Å². The van der Waals surface area contributed by atoms with Gasteiger partial charge in [-0.3, -0.25) is 105 Å². The Hall–Kier alpha value is -12.1. The van der Waals surface area contributed by atoms with Crippen LogP contribution in [0, 0.1) is 23.7 Å². The first kappa shape index (κ1) is 126. The van der Waals surface area contributed by atoms with Gasteiger partial charge in [-0.05, 0) is 162 Å². The second-order valence-corrected chi connectivity index (χ2v) is 35.6. The van der Waals surface area contributed by atoms with Crippen molar-refractivity contribution in [3.05, 3.63) is 0 Å². The number of thioether (sulfide) groups is 1. The molecular formula is C84H146N22O31S.